The van der Waals surface area contributed by atoms with Crippen molar-refractivity contribution >= 4 is 17.4 Å². The number of aryl methyl sites for hydroxylation is 2. The van der Waals surface area contributed by atoms with Crippen molar-refractivity contribution in [2.24, 2.45) is 0 Å². The van der Waals surface area contributed by atoms with Crippen LogP contribution in [0.1, 0.15) is 18.1 Å². The zero-order valence-electron chi connectivity index (χ0n) is 12.6. The Morgan fingerprint density at radius 1 is 1.10 bits per heavy atom. The average molecular weight is 284 g/mol. The van der Waals surface area contributed by atoms with Crippen LogP contribution in [0.3, 0.4) is 0 Å². The van der Waals surface area contributed by atoms with Crippen molar-refractivity contribution in [2.45, 2.75) is 20.3 Å². The lowest BCUT2D eigenvalue weighted by Crippen LogP contribution is -2.20. The van der Waals surface area contributed by atoms with E-state index < -0.39 is 0 Å². The molecule has 0 fully saturated rings. The molecule has 0 bridgehead atoms. The minimum atomic E-state index is -0.278. The number of nitrogens with one attached hydrogen (secondary N) is 2. The van der Waals surface area contributed by atoms with Crippen LogP contribution in [0.2, 0.25) is 0 Å². The second-order valence-electron chi connectivity index (χ2n) is 4.79. The Balaban J connectivity index is 2.13. The lowest BCUT2D eigenvalue weighted by atomic mass is 10.1. The van der Waals surface area contributed by atoms with E-state index in [-0.39, 0.29) is 6.03 Å². The first-order valence-corrected chi connectivity index (χ1v) is 6.94. The fraction of sp³-hybridized carbons (Fsp3) is 0.235. The van der Waals surface area contributed by atoms with Crippen LogP contribution in [0, 0.1) is 6.92 Å². The normalized spacial score (nSPS) is 10.0. The Bertz CT molecular complexity index is 638. The van der Waals surface area contributed by atoms with E-state index in [1.54, 1.807) is 7.11 Å². The predicted octanol–water partition coefficient (Wildman–Crippen LogP) is 4.21. The number of urea groups is 1. The quantitative estimate of drug-likeness (QED) is 0.883. The van der Waals surface area contributed by atoms with Gasteiger partial charge in [-0.1, -0.05) is 31.2 Å². The highest BCUT2D eigenvalue weighted by molar-refractivity contribution is 6.01. The molecule has 0 aliphatic heterocycles. The lowest BCUT2D eigenvalue weighted by molar-refractivity contribution is 0.262. The van der Waals surface area contributed by atoms with Crippen LogP contribution in [0.5, 0.6) is 5.75 Å². The van der Waals surface area contributed by atoms with Gasteiger partial charge in [-0.25, -0.2) is 4.79 Å². The number of hydrogen-bond acceptors (Lipinski definition) is 2. The Hall–Kier alpha value is -2.49. The number of para-hydroxylation sites is 1. The van der Waals surface area contributed by atoms with Gasteiger partial charge in [0, 0.05) is 5.69 Å². The molecule has 0 heterocycles. The van der Waals surface area contributed by atoms with Gasteiger partial charge in [0.2, 0.25) is 0 Å². The van der Waals surface area contributed by atoms with Gasteiger partial charge in [-0.15, -0.1) is 0 Å². The summed E-state index contributed by atoms with van der Waals surface area (Å²) in [5.74, 6) is 0.638. The average Bonchev–Trinajstić information content (AvgIpc) is 2.48. The van der Waals surface area contributed by atoms with Crippen molar-refractivity contribution in [2.75, 3.05) is 17.7 Å². The number of amides is 2. The van der Waals surface area contributed by atoms with Crippen LogP contribution in [-0.4, -0.2) is 13.1 Å². The monoisotopic (exact) mass is 284 g/mol. The van der Waals surface area contributed by atoms with Gasteiger partial charge in [-0.05, 0) is 42.7 Å². The van der Waals surface area contributed by atoms with Gasteiger partial charge >= 0.3 is 6.03 Å². The number of methoxy groups -OCH3 is 1. The van der Waals surface area contributed by atoms with Crippen molar-refractivity contribution < 1.29 is 9.53 Å². The SMILES string of the molecule is CCc1ccccc1NC(=O)Nc1cc(C)ccc1OC. The molecule has 2 aromatic rings. The molecule has 0 aromatic heterocycles. The molecule has 2 aromatic carbocycles. The van der Waals surface area contributed by atoms with Crippen molar-refractivity contribution in [3.8, 4) is 5.75 Å². The van der Waals surface area contributed by atoms with Crippen LogP contribution in [0.15, 0.2) is 42.5 Å². The highest BCUT2D eigenvalue weighted by Gasteiger charge is 2.09. The van der Waals surface area contributed by atoms with Crippen LogP contribution >= 0.6 is 0 Å². The molecule has 0 radical (unpaired) electrons. The number of carbonyl (C=O) groups is 1. The Kier molecular flexibility index (Phi) is 4.82. The van der Waals surface area contributed by atoms with E-state index in [0.717, 1.165) is 23.2 Å². The molecular weight excluding hydrogens is 264 g/mol. The maximum atomic E-state index is 12.2. The van der Waals surface area contributed by atoms with Gasteiger partial charge in [0.15, 0.2) is 0 Å². The number of hydrogen-bond donors (Lipinski definition) is 2. The van der Waals surface area contributed by atoms with Crippen LogP contribution in [0.25, 0.3) is 0 Å². The summed E-state index contributed by atoms with van der Waals surface area (Å²) in [6.07, 6.45) is 0.865. The smallest absolute Gasteiger partial charge is 0.323 e. The van der Waals surface area contributed by atoms with E-state index >= 15 is 0 Å². The van der Waals surface area contributed by atoms with E-state index in [2.05, 4.69) is 17.6 Å². The summed E-state index contributed by atoms with van der Waals surface area (Å²) in [7, 11) is 1.58. The third kappa shape index (κ3) is 3.75. The first kappa shape index (κ1) is 14.9. The topological polar surface area (TPSA) is 50.4 Å². The highest BCUT2D eigenvalue weighted by Crippen LogP contribution is 2.25. The van der Waals surface area contributed by atoms with Crippen LogP contribution in [0.4, 0.5) is 16.2 Å². The van der Waals surface area contributed by atoms with Crippen molar-refractivity contribution in [3.05, 3.63) is 53.6 Å². The highest BCUT2D eigenvalue weighted by atomic mass is 16.5. The third-order valence-electron chi connectivity index (χ3n) is 3.25. The van der Waals surface area contributed by atoms with Crippen molar-refractivity contribution in [1.29, 1.82) is 0 Å². The van der Waals surface area contributed by atoms with E-state index in [0.29, 0.717) is 11.4 Å². The molecule has 110 valence electrons. The van der Waals surface area contributed by atoms with Gasteiger partial charge in [0.25, 0.3) is 0 Å². The largest absolute Gasteiger partial charge is 0.495 e. The molecule has 0 aliphatic rings. The Morgan fingerprint density at radius 2 is 1.81 bits per heavy atom. The maximum Gasteiger partial charge on any atom is 0.323 e. The number of rotatable bonds is 4. The number of anilines is 2. The summed E-state index contributed by atoms with van der Waals surface area (Å²) in [6, 6.07) is 13.1. The van der Waals surface area contributed by atoms with Gasteiger partial charge in [-0.3, -0.25) is 0 Å². The molecule has 2 rings (SSSR count). The predicted molar refractivity (Wildman–Crippen MR) is 86.2 cm³/mol. The van der Waals surface area contributed by atoms with Crippen LogP contribution in [-0.2, 0) is 6.42 Å². The molecule has 4 nitrogen and oxygen atoms in total. The molecular formula is C17H20N2O2. The van der Waals surface area contributed by atoms with Crippen molar-refractivity contribution in [1.82, 2.24) is 0 Å². The van der Waals surface area contributed by atoms with E-state index in [9.17, 15) is 4.79 Å². The molecule has 21 heavy (non-hydrogen) atoms. The second-order valence-corrected chi connectivity index (χ2v) is 4.79. The van der Waals surface area contributed by atoms with Gasteiger partial charge in [-0.2, -0.15) is 0 Å². The first-order chi connectivity index (χ1) is 10.1. The van der Waals surface area contributed by atoms with Gasteiger partial charge in [0.1, 0.15) is 5.75 Å². The van der Waals surface area contributed by atoms with Crippen molar-refractivity contribution in [3.63, 3.8) is 0 Å². The lowest BCUT2D eigenvalue weighted by Gasteiger charge is -2.13. The molecule has 0 saturated heterocycles. The minimum Gasteiger partial charge on any atom is -0.495 e. The number of benzene rings is 2. The summed E-state index contributed by atoms with van der Waals surface area (Å²) in [5, 5.41) is 5.70. The zero-order chi connectivity index (χ0) is 15.2. The standard InChI is InChI=1S/C17H20N2O2/c1-4-13-7-5-6-8-14(13)18-17(20)19-15-11-12(2)9-10-16(15)21-3/h5-11H,4H2,1-3H3,(H2,18,19,20). The summed E-state index contributed by atoms with van der Waals surface area (Å²) >= 11 is 0. The molecule has 0 atom stereocenters. The maximum absolute atomic E-state index is 12.2. The van der Waals surface area contributed by atoms with E-state index in [1.807, 2.05) is 49.4 Å². The van der Waals surface area contributed by atoms with Crippen LogP contribution < -0.4 is 15.4 Å². The molecule has 0 saturated carbocycles. The molecule has 0 spiro atoms. The molecule has 0 unspecified atom stereocenters. The van der Waals surface area contributed by atoms with E-state index in [1.165, 1.54) is 0 Å². The zero-order valence-corrected chi connectivity index (χ0v) is 12.6. The van der Waals surface area contributed by atoms with E-state index in [4.69, 9.17) is 4.74 Å². The fourth-order valence-corrected chi connectivity index (χ4v) is 2.15. The Labute approximate surface area is 125 Å². The molecule has 0 aliphatic carbocycles. The van der Waals surface area contributed by atoms with Gasteiger partial charge < -0.3 is 15.4 Å². The third-order valence-corrected chi connectivity index (χ3v) is 3.25. The summed E-state index contributed by atoms with van der Waals surface area (Å²) < 4.78 is 5.25. The summed E-state index contributed by atoms with van der Waals surface area (Å²) in [4.78, 5) is 12.2. The molecule has 2 N–H and O–H groups in total. The molecule has 4 heteroatoms. The molecule has 2 amide bonds. The summed E-state index contributed by atoms with van der Waals surface area (Å²) in [6.45, 7) is 4.02. The van der Waals surface area contributed by atoms with Gasteiger partial charge in [0.05, 0.1) is 12.8 Å². The number of ether oxygens (including phenoxy) is 1. The second kappa shape index (κ2) is 6.79. The minimum absolute atomic E-state index is 0.278. The summed E-state index contributed by atoms with van der Waals surface area (Å²) in [5.41, 5.74) is 3.64. The Morgan fingerprint density at radius 3 is 2.52 bits per heavy atom. The number of carbonyl (C=O) groups excluding carboxylic acids is 1. The fourth-order valence-electron chi connectivity index (χ4n) is 2.15. The first-order valence-electron chi connectivity index (χ1n) is 6.94.